The van der Waals surface area contributed by atoms with E-state index in [0.29, 0.717) is 12.6 Å². The summed E-state index contributed by atoms with van der Waals surface area (Å²) < 4.78 is 4.89. The number of hydrogen-bond acceptors (Lipinski definition) is 3. The van der Waals surface area contributed by atoms with E-state index in [9.17, 15) is 4.79 Å². The van der Waals surface area contributed by atoms with Gasteiger partial charge in [0.1, 0.15) is 6.61 Å². The second kappa shape index (κ2) is 7.49. The quantitative estimate of drug-likeness (QED) is 0.691. The predicted octanol–water partition coefficient (Wildman–Crippen LogP) is 2.00. The molecule has 0 aromatic rings. The Morgan fingerprint density at radius 2 is 2.31 bits per heavy atom. The van der Waals surface area contributed by atoms with Crippen LogP contribution in [0.3, 0.4) is 0 Å². The first kappa shape index (κ1) is 13.3. The fraction of sp³-hybridized carbons (Fsp3) is 0.917. The molecule has 1 unspecified atom stereocenters. The summed E-state index contributed by atoms with van der Waals surface area (Å²) in [6.45, 7) is 7.63. The molecular weight excluding hydrogens is 204 g/mol. The van der Waals surface area contributed by atoms with Crippen LogP contribution in [0.5, 0.6) is 0 Å². The van der Waals surface area contributed by atoms with Gasteiger partial charge in [-0.25, -0.2) is 4.79 Å². The van der Waals surface area contributed by atoms with Crippen LogP contribution >= 0.6 is 0 Å². The maximum atomic E-state index is 11.2. The Balaban J connectivity index is 2.10. The molecule has 0 aromatic heterocycles. The van der Waals surface area contributed by atoms with Crippen LogP contribution in [0.1, 0.15) is 39.5 Å². The summed E-state index contributed by atoms with van der Waals surface area (Å²) in [6.07, 6.45) is 4.39. The van der Waals surface area contributed by atoms with Crippen molar-refractivity contribution in [1.82, 2.24) is 10.2 Å². The maximum absolute atomic E-state index is 11.2. The number of nitrogens with one attached hydrogen (secondary N) is 1. The van der Waals surface area contributed by atoms with Gasteiger partial charge in [0.25, 0.3) is 0 Å². The molecule has 1 N–H and O–H groups in total. The minimum Gasteiger partial charge on any atom is -0.448 e. The number of ether oxygens (including phenoxy) is 1. The van der Waals surface area contributed by atoms with Gasteiger partial charge in [-0.2, -0.15) is 0 Å². The minimum atomic E-state index is -0.144. The predicted molar refractivity (Wildman–Crippen MR) is 64.5 cm³/mol. The Kier molecular flexibility index (Phi) is 6.23. The van der Waals surface area contributed by atoms with Crippen molar-refractivity contribution in [3.63, 3.8) is 0 Å². The first-order chi connectivity index (χ1) is 7.77. The number of carbonyl (C=O) groups is 1. The molecule has 0 aromatic carbocycles. The smallest absolute Gasteiger partial charge is 0.409 e. The van der Waals surface area contributed by atoms with E-state index in [0.717, 1.165) is 38.9 Å². The summed E-state index contributed by atoms with van der Waals surface area (Å²) in [5, 5.41) is 3.52. The van der Waals surface area contributed by atoms with Gasteiger partial charge in [0, 0.05) is 12.6 Å². The average Bonchev–Trinajstić information content (AvgIpc) is 2.69. The highest BCUT2D eigenvalue weighted by atomic mass is 16.6. The van der Waals surface area contributed by atoms with Gasteiger partial charge >= 0.3 is 6.09 Å². The molecular formula is C12H24N2O2. The Morgan fingerprint density at radius 1 is 1.50 bits per heavy atom. The van der Waals surface area contributed by atoms with E-state index in [2.05, 4.69) is 19.2 Å². The van der Waals surface area contributed by atoms with Crippen molar-refractivity contribution in [3.8, 4) is 0 Å². The molecule has 1 aliphatic heterocycles. The highest BCUT2D eigenvalue weighted by Gasteiger charge is 2.21. The monoisotopic (exact) mass is 228 g/mol. The fourth-order valence-electron chi connectivity index (χ4n) is 1.96. The number of amides is 1. The Bertz CT molecular complexity index is 209. The topological polar surface area (TPSA) is 41.6 Å². The van der Waals surface area contributed by atoms with E-state index < -0.39 is 0 Å². The van der Waals surface area contributed by atoms with Gasteiger partial charge in [-0.1, -0.05) is 13.8 Å². The third kappa shape index (κ3) is 4.39. The third-order valence-electron chi connectivity index (χ3n) is 3.00. The zero-order chi connectivity index (χ0) is 11.8. The minimum absolute atomic E-state index is 0.144. The second-order valence-corrected chi connectivity index (χ2v) is 4.30. The third-order valence-corrected chi connectivity index (χ3v) is 3.00. The summed E-state index contributed by atoms with van der Waals surface area (Å²) in [7, 11) is 0. The van der Waals surface area contributed by atoms with E-state index in [4.69, 9.17) is 4.74 Å². The van der Waals surface area contributed by atoms with Crippen molar-refractivity contribution in [3.05, 3.63) is 0 Å². The highest BCUT2D eigenvalue weighted by Crippen LogP contribution is 2.07. The molecule has 4 nitrogen and oxygen atoms in total. The average molecular weight is 228 g/mol. The molecule has 16 heavy (non-hydrogen) atoms. The summed E-state index contributed by atoms with van der Waals surface area (Å²) >= 11 is 0. The molecule has 1 saturated heterocycles. The van der Waals surface area contributed by atoms with Crippen molar-refractivity contribution in [1.29, 1.82) is 0 Å². The van der Waals surface area contributed by atoms with Gasteiger partial charge in [0.15, 0.2) is 0 Å². The zero-order valence-electron chi connectivity index (χ0n) is 10.5. The Labute approximate surface area is 98.3 Å². The van der Waals surface area contributed by atoms with Crippen LogP contribution in [0.25, 0.3) is 0 Å². The first-order valence-corrected chi connectivity index (χ1v) is 6.43. The van der Waals surface area contributed by atoms with Crippen molar-refractivity contribution in [2.24, 2.45) is 0 Å². The molecule has 1 atom stereocenters. The fourth-order valence-corrected chi connectivity index (χ4v) is 1.96. The van der Waals surface area contributed by atoms with Crippen LogP contribution in [-0.2, 0) is 4.74 Å². The lowest BCUT2D eigenvalue weighted by atomic mass is 10.1. The van der Waals surface area contributed by atoms with Gasteiger partial charge in [-0.05, 0) is 32.2 Å². The van der Waals surface area contributed by atoms with Crippen LogP contribution in [0.2, 0.25) is 0 Å². The molecule has 0 radical (unpaired) electrons. The van der Waals surface area contributed by atoms with Crippen LogP contribution in [0.4, 0.5) is 4.79 Å². The van der Waals surface area contributed by atoms with E-state index in [-0.39, 0.29) is 6.09 Å². The second-order valence-electron chi connectivity index (χ2n) is 4.30. The molecule has 0 spiro atoms. The van der Waals surface area contributed by atoms with Crippen molar-refractivity contribution in [2.45, 2.75) is 45.6 Å². The molecule has 0 bridgehead atoms. The largest absolute Gasteiger partial charge is 0.448 e. The number of nitrogens with zero attached hydrogens (tertiary/aromatic N) is 1. The van der Waals surface area contributed by atoms with Crippen LogP contribution in [0.15, 0.2) is 0 Å². The Morgan fingerprint density at radius 3 is 2.88 bits per heavy atom. The molecule has 94 valence electrons. The maximum Gasteiger partial charge on any atom is 0.409 e. The Hall–Kier alpha value is -0.770. The standard InChI is InChI=1S/C12H24N2O2/c1-3-7-13-11(4-2)6-5-8-14-9-10-16-12(14)15/h11,13H,3-10H2,1-2H3. The van der Waals surface area contributed by atoms with Gasteiger partial charge in [-0.3, -0.25) is 0 Å². The van der Waals surface area contributed by atoms with E-state index >= 15 is 0 Å². The number of rotatable bonds is 8. The molecule has 0 saturated carbocycles. The first-order valence-electron chi connectivity index (χ1n) is 6.43. The molecule has 0 aliphatic carbocycles. The summed E-state index contributed by atoms with van der Waals surface area (Å²) in [5.74, 6) is 0. The molecule has 1 rings (SSSR count). The van der Waals surface area contributed by atoms with Crippen LogP contribution < -0.4 is 5.32 Å². The van der Waals surface area contributed by atoms with Gasteiger partial charge in [0.05, 0.1) is 6.54 Å². The van der Waals surface area contributed by atoms with Crippen LogP contribution in [0, 0.1) is 0 Å². The van der Waals surface area contributed by atoms with E-state index in [1.54, 1.807) is 4.90 Å². The molecule has 1 heterocycles. The zero-order valence-corrected chi connectivity index (χ0v) is 10.5. The summed E-state index contributed by atoms with van der Waals surface area (Å²) in [6, 6.07) is 0.596. The molecule has 1 amide bonds. The van der Waals surface area contributed by atoms with Crippen molar-refractivity contribution >= 4 is 6.09 Å². The van der Waals surface area contributed by atoms with Crippen molar-refractivity contribution in [2.75, 3.05) is 26.2 Å². The van der Waals surface area contributed by atoms with Gasteiger partial charge in [0.2, 0.25) is 0 Å². The van der Waals surface area contributed by atoms with Crippen LogP contribution in [-0.4, -0.2) is 43.3 Å². The number of carbonyl (C=O) groups excluding carboxylic acids is 1. The molecule has 4 heteroatoms. The molecule has 1 fully saturated rings. The normalized spacial score (nSPS) is 17.6. The lowest BCUT2D eigenvalue weighted by Gasteiger charge is -2.18. The molecule has 1 aliphatic rings. The van der Waals surface area contributed by atoms with E-state index in [1.165, 1.54) is 6.42 Å². The van der Waals surface area contributed by atoms with Gasteiger partial charge in [-0.15, -0.1) is 0 Å². The van der Waals surface area contributed by atoms with Crippen molar-refractivity contribution < 1.29 is 9.53 Å². The summed E-state index contributed by atoms with van der Waals surface area (Å²) in [5.41, 5.74) is 0. The highest BCUT2D eigenvalue weighted by molar-refractivity contribution is 5.69. The lowest BCUT2D eigenvalue weighted by Crippen LogP contribution is -2.31. The van der Waals surface area contributed by atoms with E-state index in [1.807, 2.05) is 0 Å². The lowest BCUT2D eigenvalue weighted by molar-refractivity contribution is 0.157. The number of cyclic esters (lactones) is 1. The SMILES string of the molecule is CCCNC(CC)CCCN1CCOC1=O. The number of hydrogen-bond donors (Lipinski definition) is 1. The van der Waals surface area contributed by atoms with Gasteiger partial charge < -0.3 is 15.0 Å². The summed E-state index contributed by atoms with van der Waals surface area (Å²) in [4.78, 5) is 13.0.